The highest BCUT2D eigenvalue weighted by Gasteiger charge is 2.04. The highest BCUT2D eigenvalue weighted by atomic mass is 15.0. The number of pyridine rings is 1. The summed E-state index contributed by atoms with van der Waals surface area (Å²) in [5.41, 5.74) is 2.31. The lowest BCUT2D eigenvalue weighted by Crippen LogP contribution is -2.31. The quantitative estimate of drug-likeness (QED) is 0.356. The average molecular weight is 255 g/mol. The van der Waals surface area contributed by atoms with E-state index < -0.39 is 0 Å². The molecule has 4 rings (SSSR count). The van der Waals surface area contributed by atoms with Crippen molar-refractivity contribution in [1.29, 1.82) is 0 Å². The fourth-order valence-corrected chi connectivity index (χ4v) is 2.63. The third-order valence-electron chi connectivity index (χ3n) is 3.64. The van der Waals surface area contributed by atoms with Gasteiger partial charge in [-0.3, -0.25) is 4.57 Å². The molecule has 3 aromatic carbocycles. The fraction of sp³-hybridized carbons (Fsp3) is 0. The van der Waals surface area contributed by atoms with Crippen LogP contribution in [0.3, 0.4) is 0 Å². The first kappa shape index (κ1) is 11.2. The van der Waals surface area contributed by atoms with Crippen LogP contribution in [-0.4, -0.2) is 0 Å². The molecule has 0 atom stereocenters. The first-order chi connectivity index (χ1) is 9.92. The van der Waals surface area contributed by atoms with Crippen molar-refractivity contribution < 1.29 is 4.57 Å². The van der Waals surface area contributed by atoms with Gasteiger partial charge in [-0.2, -0.15) is 0 Å². The highest BCUT2D eigenvalue weighted by molar-refractivity contribution is 5.84. The fourth-order valence-electron chi connectivity index (χ4n) is 2.63. The molecule has 1 heteroatoms. The van der Waals surface area contributed by atoms with E-state index in [0.29, 0.717) is 0 Å². The first-order valence-electron chi connectivity index (χ1n) is 6.72. The summed E-state index contributed by atoms with van der Waals surface area (Å²) < 4.78 is 2.11. The molecule has 0 spiro atoms. The van der Waals surface area contributed by atoms with Gasteiger partial charge < -0.3 is 0 Å². The minimum atomic E-state index is 1.14. The second kappa shape index (κ2) is 4.46. The van der Waals surface area contributed by atoms with E-state index in [9.17, 15) is 0 Å². The van der Waals surface area contributed by atoms with Gasteiger partial charge in [-0.1, -0.05) is 54.6 Å². The number of hydrogen-bond donors (Lipinski definition) is 0. The SMILES string of the molecule is [c-]1ccc2ccccc2[n+]1-c1ccc2ccccc2c1. The molecule has 1 heterocycles. The van der Waals surface area contributed by atoms with Crippen molar-refractivity contribution >= 4 is 21.7 Å². The Morgan fingerprint density at radius 3 is 2.30 bits per heavy atom. The number of fused-ring (bicyclic) bond motifs is 2. The summed E-state index contributed by atoms with van der Waals surface area (Å²) in [6.45, 7) is 0. The molecule has 0 aliphatic rings. The van der Waals surface area contributed by atoms with Gasteiger partial charge in [-0.25, -0.2) is 0 Å². The number of rotatable bonds is 1. The van der Waals surface area contributed by atoms with Crippen molar-refractivity contribution in [2.24, 2.45) is 0 Å². The lowest BCUT2D eigenvalue weighted by Gasteiger charge is -2.08. The van der Waals surface area contributed by atoms with Crippen molar-refractivity contribution in [3.05, 3.63) is 85.1 Å². The average Bonchev–Trinajstić information content (AvgIpc) is 2.54. The molecule has 1 nitrogen and oxygen atoms in total. The molecule has 4 aromatic rings. The first-order valence-corrected chi connectivity index (χ1v) is 6.72. The minimum Gasteiger partial charge on any atom is -0.278 e. The molecule has 0 radical (unpaired) electrons. The lowest BCUT2D eigenvalue weighted by atomic mass is 10.1. The van der Waals surface area contributed by atoms with Crippen molar-refractivity contribution in [1.82, 2.24) is 0 Å². The number of benzene rings is 3. The number of nitrogens with zero attached hydrogens (tertiary/aromatic N) is 1. The van der Waals surface area contributed by atoms with Gasteiger partial charge in [0.2, 0.25) is 0 Å². The standard InChI is InChI=1S/C19H13N/c1-2-8-17-14-18(12-11-15(17)6-1)20-13-5-9-16-7-3-4-10-19(16)20/h1-12,14H. The molecular formula is C19H13N. The molecule has 0 aliphatic carbocycles. The predicted molar refractivity (Wildman–Crippen MR) is 81.8 cm³/mol. The summed E-state index contributed by atoms with van der Waals surface area (Å²) in [5.74, 6) is 0. The number of aromatic nitrogens is 1. The smallest absolute Gasteiger partial charge is 0.152 e. The monoisotopic (exact) mass is 255 g/mol. The Hall–Kier alpha value is -2.67. The molecule has 0 N–H and O–H groups in total. The van der Waals surface area contributed by atoms with E-state index >= 15 is 0 Å². The van der Waals surface area contributed by atoms with Gasteiger partial charge in [-0.05, 0) is 34.4 Å². The Kier molecular flexibility index (Phi) is 2.49. The third-order valence-corrected chi connectivity index (χ3v) is 3.64. The zero-order valence-corrected chi connectivity index (χ0v) is 11.0. The number of hydrogen-bond acceptors (Lipinski definition) is 0. The van der Waals surface area contributed by atoms with E-state index in [0.717, 1.165) is 5.69 Å². The van der Waals surface area contributed by atoms with Gasteiger partial charge in [0.25, 0.3) is 0 Å². The Morgan fingerprint density at radius 1 is 0.650 bits per heavy atom. The van der Waals surface area contributed by atoms with Crippen molar-refractivity contribution in [3.63, 3.8) is 0 Å². The third kappa shape index (κ3) is 1.76. The molecular weight excluding hydrogens is 242 g/mol. The molecule has 0 amide bonds. The molecule has 94 valence electrons. The van der Waals surface area contributed by atoms with Crippen LogP contribution in [0, 0.1) is 6.20 Å². The molecule has 0 aliphatic heterocycles. The van der Waals surface area contributed by atoms with Gasteiger partial charge in [0.1, 0.15) is 11.2 Å². The van der Waals surface area contributed by atoms with Crippen LogP contribution in [0.25, 0.3) is 27.4 Å². The summed E-state index contributed by atoms with van der Waals surface area (Å²) in [6, 6.07) is 27.4. The van der Waals surface area contributed by atoms with Gasteiger partial charge in [0, 0.05) is 0 Å². The van der Waals surface area contributed by atoms with E-state index in [-0.39, 0.29) is 0 Å². The van der Waals surface area contributed by atoms with Gasteiger partial charge in [0.05, 0.1) is 0 Å². The van der Waals surface area contributed by atoms with Crippen LogP contribution >= 0.6 is 0 Å². The summed E-state index contributed by atoms with van der Waals surface area (Å²) in [4.78, 5) is 0. The van der Waals surface area contributed by atoms with Crippen LogP contribution in [0.15, 0.2) is 78.9 Å². The van der Waals surface area contributed by atoms with Crippen LogP contribution in [0.1, 0.15) is 0 Å². The van der Waals surface area contributed by atoms with Gasteiger partial charge >= 0.3 is 0 Å². The maximum absolute atomic E-state index is 3.31. The second-order valence-corrected chi connectivity index (χ2v) is 4.89. The molecule has 0 saturated carbocycles. The Morgan fingerprint density at radius 2 is 1.40 bits per heavy atom. The summed E-state index contributed by atoms with van der Waals surface area (Å²) in [5, 5.41) is 3.73. The van der Waals surface area contributed by atoms with Gasteiger partial charge in [0.15, 0.2) is 6.20 Å². The Bertz CT molecular complexity index is 904. The van der Waals surface area contributed by atoms with E-state index in [1.54, 1.807) is 0 Å². The largest absolute Gasteiger partial charge is 0.278 e. The van der Waals surface area contributed by atoms with Crippen LogP contribution in [0.2, 0.25) is 0 Å². The maximum atomic E-state index is 3.31. The highest BCUT2D eigenvalue weighted by Crippen LogP contribution is 2.17. The Labute approximate surface area is 117 Å². The van der Waals surface area contributed by atoms with E-state index in [1.165, 1.54) is 21.7 Å². The van der Waals surface area contributed by atoms with Gasteiger partial charge in [-0.15, -0.1) is 6.07 Å². The molecule has 20 heavy (non-hydrogen) atoms. The maximum Gasteiger partial charge on any atom is 0.152 e. The normalized spacial score (nSPS) is 11.0. The zero-order chi connectivity index (χ0) is 13.4. The number of para-hydroxylation sites is 1. The van der Waals surface area contributed by atoms with E-state index in [4.69, 9.17) is 0 Å². The summed E-state index contributed by atoms with van der Waals surface area (Å²) in [6.07, 6.45) is 3.31. The topological polar surface area (TPSA) is 3.88 Å². The second-order valence-electron chi connectivity index (χ2n) is 4.89. The summed E-state index contributed by atoms with van der Waals surface area (Å²) in [7, 11) is 0. The van der Waals surface area contributed by atoms with Crippen molar-refractivity contribution in [2.75, 3.05) is 0 Å². The van der Waals surface area contributed by atoms with Crippen LogP contribution in [-0.2, 0) is 0 Å². The molecule has 0 unspecified atom stereocenters. The summed E-state index contributed by atoms with van der Waals surface area (Å²) >= 11 is 0. The molecule has 0 bridgehead atoms. The predicted octanol–water partition coefficient (Wildman–Crippen LogP) is 4.07. The van der Waals surface area contributed by atoms with Crippen LogP contribution in [0.4, 0.5) is 0 Å². The van der Waals surface area contributed by atoms with E-state index in [1.807, 2.05) is 6.07 Å². The van der Waals surface area contributed by atoms with Crippen molar-refractivity contribution in [2.45, 2.75) is 0 Å². The minimum absolute atomic E-state index is 1.14. The van der Waals surface area contributed by atoms with Crippen molar-refractivity contribution in [3.8, 4) is 5.69 Å². The molecule has 0 fully saturated rings. The molecule has 1 aromatic heterocycles. The van der Waals surface area contributed by atoms with E-state index in [2.05, 4.69) is 83.6 Å². The van der Waals surface area contributed by atoms with Crippen LogP contribution < -0.4 is 4.57 Å². The Balaban J connectivity index is 2.01. The zero-order valence-electron chi connectivity index (χ0n) is 11.0. The lowest BCUT2D eigenvalue weighted by molar-refractivity contribution is -0.571. The van der Waals surface area contributed by atoms with Crippen LogP contribution in [0.5, 0.6) is 0 Å². The molecule has 0 saturated heterocycles.